The van der Waals surface area contributed by atoms with Crippen molar-refractivity contribution in [1.29, 1.82) is 0 Å². The van der Waals surface area contributed by atoms with Crippen molar-refractivity contribution in [1.82, 2.24) is 20.1 Å². The molecule has 1 aromatic heterocycles. The minimum atomic E-state index is -0.962. The molecule has 2 aliphatic rings. The first-order chi connectivity index (χ1) is 12.3. The largest absolute Gasteiger partial charge is 0.355 e. The van der Waals surface area contributed by atoms with Crippen molar-refractivity contribution in [2.45, 2.75) is 38.3 Å². The topological polar surface area (TPSA) is 85.8 Å². The second-order valence-electron chi connectivity index (χ2n) is 7.38. The lowest BCUT2D eigenvalue weighted by Crippen LogP contribution is -2.52. The van der Waals surface area contributed by atoms with Gasteiger partial charge in [0.2, 0.25) is 5.91 Å². The molecule has 3 rings (SSSR count). The molecule has 1 N–H and O–H groups in total. The lowest BCUT2D eigenvalue weighted by molar-refractivity contribution is -0.139. The van der Waals surface area contributed by atoms with Gasteiger partial charge in [-0.25, -0.2) is 9.78 Å². The van der Waals surface area contributed by atoms with Crippen LogP contribution in [0.3, 0.4) is 0 Å². The zero-order chi connectivity index (χ0) is 18.9. The van der Waals surface area contributed by atoms with Crippen molar-refractivity contribution in [2.75, 3.05) is 31.6 Å². The summed E-state index contributed by atoms with van der Waals surface area (Å²) in [5.41, 5.74) is -0.962. The number of hydrogen-bond acceptors (Lipinski definition) is 5. The molecule has 2 saturated heterocycles. The lowest BCUT2D eigenvalue weighted by atomic mass is 10.0. The van der Waals surface area contributed by atoms with E-state index in [2.05, 4.69) is 15.2 Å². The van der Waals surface area contributed by atoms with Gasteiger partial charge < -0.3 is 15.1 Å². The summed E-state index contributed by atoms with van der Waals surface area (Å²) < 4.78 is 0. The van der Waals surface area contributed by atoms with E-state index in [0.29, 0.717) is 6.54 Å². The van der Waals surface area contributed by atoms with Gasteiger partial charge in [0.05, 0.1) is 0 Å². The van der Waals surface area contributed by atoms with Crippen molar-refractivity contribution in [3.8, 4) is 0 Å². The zero-order valence-corrected chi connectivity index (χ0v) is 15.4. The Kier molecular flexibility index (Phi) is 4.84. The average molecular weight is 359 g/mol. The van der Waals surface area contributed by atoms with E-state index < -0.39 is 11.6 Å². The van der Waals surface area contributed by atoms with Gasteiger partial charge in [-0.15, -0.1) is 0 Å². The number of amides is 4. The first-order valence-corrected chi connectivity index (χ1v) is 8.85. The Hall–Kier alpha value is -2.64. The van der Waals surface area contributed by atoms with Crippen LogP contribution in [-0.2, 0) is 9.59 Å². The number of carbonyl (C=O) groups is 3. The first kappa shape index (κ1) is 18.2. The minimum Gasteiger partial charge on any atom is -0.355 e. The van der Waals surface area contributed by atoms with E-state index in [9.17, 15) is 14.4 Å². The summed E-state index contributed by atoms with van der Waals surface area (Å²) in [5.74, 6) is 0.288. The molecule has 1 unspecified atom stereocenters. The van der Waals surface area contributed by atoms with E-state index in [1.807, 2.05) is 18.2 Å². The third-order valence-electron chi connectivity index (χ3n) is 5.05. The van der Waals surface area contributed by atoms with E-state index in [4.69, 9.17) is 0 Å². The van der Waals surface area contributed by atoms with Crippen LogP contribution in [0.4, 0.5) is 10.6 Å². The van der Waals surface area contributed by atoms with Gasteiger partial charge in [0.25, 0.3) is 5.91 Å². The number of aromatic nitrogens is 1. The maximum absolute atomic E-state index is 12.7. The van der Waals surface area contributed by atoms with Gasteiger partial charge in [-0.2, -0.15) is 0 Å². The van der Waals surface area contributed by atoms with Crippen LogP contribution in [0.5, 0.6) is 0 Å². The van der Waals surface area contributed by atoms with Gasteiger partial charge in [0.15, 0.2) is 0 Å². The van der Waals surface area contributed by atoms with Crippen LogP contribution in [-0.4, -0.2) is 70.9 Å². The van der Waals surface area contributed by atoms with Gasteiger partial charge in [-0.05, 0) is 38.8 Å². The van der Waals surface area contributed by atoms with Crippen molar-refractivity contribution >= 4 is 23.7 Å². The molecule has 1 aromatic rings. The number of imide groups is 1. The third-order valence-corrected chi connectivity index (χ3v) is 5.05. The van der Waals surface area contributed by atoms with Crippen LogP contribution >= 0.6 is 0 Å². The predicted molar refractivity (Wildman–Crippen MR) is 96.6 cm³/mol. The number of hydrogen-bond donors (Lipinski definition) is 1. The highest BCUT2D eigenvalue weighted by molar-refractivity contribution is 6.08. The van der Waals surface area contributed by atoms with Gasteiger partial charge in [0.1, 0.15) is 17.9 Å². The monoisotopic (exact) mass is 359 g/mol. The molecule has 8 nitrogen and oxygen atoms in total. The summed E-state index contributed by atoms with van der Waals surface area (Å²) >= 11 is 0. The Morgan fingerprint density at radius 3 is 2.77 bits per heavy atom. The minimum absolute atomic E-state index is 0.0204. The molecule has 140 valence electrons. The number of rotatable bonds is 4. The molecular weight excluding hydrogens is 334 g/mol. The normalized spacial score (nSPS) is 22.3. The van der Waals surface area contributed by atoms with Gasteiger partial charge in [0, 0.05) is 32.4 Å². The van der Waals surface area contributed by atoms with Gasteiger partial charge in [-0.3, -0.25) is 14.5 Å². The Bertz CT molecular complexity index is 706. The molecule has 0 saturated carbocycles. The van der Waals surface area contributed by atoms with Crippen molar-refractivity contribution in [3.63, 3.8) is 0 Å². The van der Waals surface area contributed by atoms with Crippen LogP contribution in [0.2, 0.25) is 0 Å². The highest BCUT2D eigenvalue weighted by Gasteiger charge is 2.45. The molecule has 4 amide bonds. The van der Waals surface area contributed by atoms with E-state index >= 15 is 0 Å². The van der Waals surface area contributed by atoms with Gasteiger partial charge >= 0.3 is 6.03 Å². The molecule has 2 fully saturated rings. The van der Waals surface area contributed by atoms with Crippen LogP contribution in [0.1, 0.15) is 26.7 Å². The van der Waals surface area contributed by atoms with Crippen LogP contribution < -0.4 is 10.2 Å². The molecule has 0 aromatic carbocycles. The second kappa shape index (κ2) is 6.93. The average Bonchev–Trinajstić information content (AvgIpc) is 2.83. The molecule has 3 heterocycles. The van der Waals surface area contributed by atoms with Gasteiger partial charge in [-0.1, -0.05) is 6.07 Å². The molecule has 1 atom stereocenters. The molecule has 0 bridgehead atoms. The summed E-state index contributed by atoms with van der Waals surface area (Å²) in [7, 11) is 1.73. The van der Waals surface area contributed by atoms with E-state index in [-0.39, 0.29) is 24.4 Å². The fraction of sp³-hybridized carbons (Fsp3) is 0.556. The second-order valence-corrected chi connectivity index (χ2v) is 7.38. The van der Waals surface area contributed by atoms with E-state index in [1.165, 1.54) is 0 Å². The van der Waals surface area contributed by atoms with Crippen molar-refractivity contribution < 1.29 is 14.4 Å². The highest BCUT2D eigenvalue weighted by atomic mass is 16.2. The molecule has 2 aliphatic heterocycles. The van der Waals surface area contributed by atoms with E-state index in [0.717, 1.165) is 30.1 Å². The molecule has 0 spiro atoms. The summed E-state index contributed by atoms with van der Waals surface area (Å²) in [6.45, 7) is 4.62. The molecule has 0 radical (unpaired) electrons. The molecular formula is C18H25N5O3. The maximum atomic E-state index is 12.7. The Morgan fingerprint density at radius 1 is 1.38 bits per heavy atom. The predicted octanol–water partition coefficient (Wildman–Crippen LogP) is 0.839. The summed E-state index contributed by atoms with van der Waals surface area (Å²) in [4.78, 5) is 46.1. The van der Waals surface area contributed by atoms with Crippen LogP contribution in [0.25, 0.3) is 0 Å². The van der Waals surface area contributed by atoms with Crippen LogP contribution in [0, 0.1) is 0 Å². The zero-order valence-electron chi connectivity index (χ0n) is 15.4. The number of nitrogens with zero attached hydrogens (tertiary/aromatic N) is 4. The standard InChI is InChI=1S/C18H25N5O3/c1-18(2)16(25)23(17(26)20-18)12-15(24)21(3)13-7-6-10-22(11-13)14-8-4-5-9-19-14/h4-5,8-9,13H,6-7,10-12H2,1-3H3,(H,20,26). The SMILES string of the molecule is CN(C(=O)CN1C(=O)NC(C)(C)C1=O)C1CCCN(c2ccccn2)C1. The van der Waals surface area contributed by atoms with Crippen LogP contribution in [0.15, 0.2) is 24.4 Å². The maximum Gasteiger partial charge on any atom is 0.325 e. The van der Waals surface area contributed by atoms with E-state index in [1.54, 1.807) is 32.0 Å². The third kappa shape index (κ3) is 3.49. The fourth-order valence-corrected chi connectivity index (χ4v) is 3.43. The smallest absolute Gasteiger partial charge is 0.325 e. The Morgan fingerprint density at radius 2 is 2.15 bits per heavy atom. The summed E-state index contributed by atoms with van der Waals surface area (Å²) in [6, 6.07) is 5.28. The summed E-state index contributed by atoms with van der Waals surface area (Å²) in [6.07, 6.45) is 3.60. The Balaban J connectivity index is 1.63. The van der Waals surface area contributed by atoms with Crippen molar-refractivity contribution in [2.24, 2.45) is 0 Å². The summed E-state index contributed by atoms with van der Waals surface area (Å²) in [5, 5.41) is 2.60. The number of likely N-dealkylation sites (N-methyl/N-ethyl adjacent to an activating group) is 1. The highest BCUT2D eigenvalue weighted by Crippen LogP contribution is 2.21. The quantitative estimate of drug-likeness (QED) is 0.805. The lowest BCUT2D eigenvalue weighted by Gasteiger charge is -2.38. The molecule has 0 aliphatic carbocycles. The van der Waals surface area contributed by atoms with Crippen molar-refractivity contribution in [3.05, 3.63) is 24.4 Å². The number of piperidine rings is 1. The molecule has 26 heavy (non-hydrogen) atoms. The molecule has 8 heteroatoms. The Labute approximate surface area is 153 Å². The number of pyridine rings is 1. The number of nitrogens with one attached hydrogen (secondary N) is 1. The fourth-order valence-electron chi connectivity index (χ4n) is 3.43. The number of carbonyl (C=O) groups excluding carboxylic acids is 3. The number of anilines is 1. The first-order valence-electron chi connectivity index (χ1n) is 8.85. The number of urea groups is 1.